The van der Waals surface area contributed by atoms with Gasteiger partial charge in [0, 0.05) is 16.4 Å². The number of fused-ring (bicyclic) bond motifs is 3. The fourth-order valence-corrected chi connectivity index (χ4v) is 5.39. The fraction of sp³-hybridized carbons (Fsp3) is 0.650. The highest BCUT2D eigenvalue weighted by Gasteiger charge is 2.53. The lowest BCUT2D eigenvalue weighted by molar-refractivity contribution is -0.123. The molecule has 0 heterocycles. The van der Waals surface area contributed by atoms with E-state index in [2.05, 4.69) is 33.8 Å². The molecule has 1 fully saturated rings. The maximum absolute atomic E-state index is 11.8. The molecule has 1 N–H and O–H groups in total. The minimum absolute atomic E-state index is 0.0729. The molecule has 2 aliphatic carbocycles. The predicted octanol–water partition coefficient (Wildman–Crippen LogP) is 4.72. The average Bonchev–Trinajstić information content (AvgIpc) is 2.46. The maximum atomic E-state index is 11.8. The van der Waals surface area contributed by atoms with Crippen LogP contribution in [-0.4, -0.2) is 11.4 Å². The van der Waals surface area contributed by atoms with Crippen LogP contribution in [0.1, 0.15) is 76.0 Å². The Morgan fingerprint density at radius 2 is 2.00 bits per heavy atom. The lowest BCUT2D eigenvalue weighted by Gasteiger charge is -2.53. The number of phenolic OH excluding ortho intramolecular Hbond substituents is 1. The molecule has 1 aromatic rings. The van der Waals surface area contributed by atoms with Crippen molar-refractivity contribution in [3.8, 4) is 5.75 Å². The summed E-state index contributed by atoms with van der Waals surface area (Å²) in [5, 5.41) is 10.6. The van der Waals surface area contributed by atoms with Crippen LogP contribution in [0.15, 0.2) is 12.1 Å². The predicted molar refractivity (Wildman–Crippen MR) is 89.4 cm³/mol. The Bertz CT molecular complexity index is 604. The fourth-order valence-electron chi connectivity index (χ4n) is 5.39. The van der Waals surface area contributed by atoms with Gasteiger partial charge in [0.05, 0.1) is 0 Å². The summed E-state index contributed by atoms with van der Waals surface area (Å²) in [7, 11) is 0. The molecule has 0 radical (unpaired) electrons. The molecule has 1 unspecified atom stereocenters. The van der Waals surface area contributed by atoms with Crippen LogP contribution in [0.25, 0.3) is 0 Å². The third-order valence-electron chi connectivity index (χ3n) is 6.45. The van der Waals surface area contributed by atoms with Crippen LogP contribution in [0.4, 0.5) is 0 Å². The Hall–Kier alpha value is -1.31. The first kappa shape index (κ1) is 15.6. The molecule has 1 saturated carbocycles. The van der Waals surface area contributed by atoms with Crippen molar-refractivity contribution >= 4 is 6.29 Å². The van der Waals surface area contributed by atoms with Gasteiger partial charge in [0.25, 0.3) is 0 Å². The number of benzene rings is 1. The molecule has 0 spiro atoms. The third kappa shape index (κ3) is 2.03. The van der Waals surface area contributed by atoms with E-state index < -0.39 is 0 Å². The molecule has 2 nitrogen and oxygen atoms in total. The highest BCUT2D eigenvalue weighted by atomic mass is 16.3. The van der Waals surface area contributed by atoms with Crippen LogP contribution in [-0.2, 0) is 16.6 Å². The first-order valence-electron chi connectivity index (χ1n) is 8.65. The molecule has 0 bridgehead atoms. The van der Waals surface area contributed by atoms with Crippen LogP contribution in [0, 0.1) is 11.3 Å². The second kappa shape index (κ2) is 5.11. The van der Waals surface area contributed by atoms with Gasteiger partial charge in [0.15, 0.2) is 0 Å². The van der Waals surface area contributed by atoms with Gasteiger partial charge in [-0.3, -0.25) is 0 Å². The second-order valence-corrected chi connectivity index (χ2v) is 8.17. The Kier molecular flexibility index (Phi) is 3.62. The normalized spacial score (nSPS) is 34.1. The highest BCUT2D eigenvalue weighted by Crippen LogP contribution is 2.58. The smallest absolute Gasteiger partial charge is 0.126 e. The van der Waals surface area contributed by atoms with E-state index >= 15 is 0 Å². The first-order valence-corrected chi connectivity index (χ1v) is 8.65. The minimum atomic E-state index is -0.245. The molecular formula is C20H28O2. The molecule has 3 rings (SSSR count). The summed E-state index contributed by atoms with van der Waals surface area (Å²) in [6.45, 7) is 8.84. The third-order valence-corrected chi connectivity index (χ3v) is 6.45. The number of hydrogen-bond acceptors (Lipinski definition) is 2. The molecule has 0 amide bonds. The standard InChI is InChI=1S/C20H28O2/c1-13(2)14-6-8-16(22)18-15(14)7-9-17-19(3,12-21)10-5-11-20(17,18)4/h6,8,12-13,17,22H,5,7,9-11H2,1-4H3/t17?,19-,20-/m0/s1. The zero-order chi connectivity index (χ0) is 16.1. The topological polar surface area (TPSA) is 37.3 Å². The molecular weight excluding hydrogens is 272 g/mol. The van der Waals surface area contributed by atoms with Gasteiger partial charge in [-0.25, -0.2) is 0 Å². The van der Waals surface area contributed by atoms with E-state index in [9.17, 15) is 9.90 Å². The summed E-state index contributed by atoms with van der Waals surface area (Å²) in [6, 6.07) is 3.96. The largest absolute Gasteiger partial charge is 0.508 e. The number of aromatic hydroxyl groups is 1. The van der Waals surface area contributed by atoms with Crippen LogP contribution >= 0.6 is 0 Å². The number of aldehydes is 1. The number of carbonyl (C=O) groups excluding carboxylic acids is 1. The molecule has 0 saturated heterocycles. The van der Waals surface area contributed by atoms with Gasteiger partial charge in [0.1, 0.15) is 12.0 Å². The molecule has 2 heteroatoms. The first-order chi connectivity index (χ1) is 10.3. The van der Waals surface area contributed by atoms with Crippen LogP contribution < -0.4 is 0 Å². The van der Waals surface area contributed by atoms with Crippen LogP contribution in [0.5, 0.6) is 5.75 Å². The summed E-state index contributed by atoms with van der Waals surface area (Å²) in [5.74, 6) is 1.24. The summed E-state index contributed by atoms with van der Waals surface area (Å²) in [6.07, 6.45) is 6.35. The van der Waals surface area contributed by atoms with E-state index in [0.29, 0.717) is 17.6 Å². The zero-order valence-corrected chi connectivity index (χ0v) is 14.3. The van der Waals surface area contributed by atoms with Crippen molar-refractivity contribution in [3.05, 3.63) is 28.8 Å². The van der Waals surface area contributed by atoms with E-state index in [1.54, 1.807) is 0 Å². The van der Waals surface area contributed by atoms with Crippen molar-refractivity contribution in [2.45, 2.75) is 71.1 Å². The van der Waals surface area contributed by atoms with Crippen molar-refractivity contribution < 1.29 is 9.90 Å². The molecule has 0 aromatic heterocycles. The average molecular weight is 300 g/mol. The van der Waals surface area contributed by atoms with Gasteiger partial charge in [-0.05, 0) is 54.7 Å². The van der Waals surface area contributed by atoms with Crippen molar-refractivity contribution in [2.24, 2.45) is 11.3 Å². The highest BCUT2D eigenvalue weighted by molar-refractivity contribution is 5.62. The Morgan fingerprint density at radius 1 is 1.27 bits per heavy atom. The van der Waals surface area contributed by atoms with Gasteiger partial charge < -0.3 is 9.90 Å². The Balaban J connectivity index is 2.20. The molecule has 120 valence electrons. The number of hydrogen-bond donors (Lipinski definition) is 1. The van der Waals surface area contributed by atoms with Gasteiger partial charge in [-0.15, -0.1) is 0 Å². The monoisotopic (exact) mass is 300 g/mol. The Labute approximate surface area is 133 Å². The summed E-state index contributed by atoms with van der Waals surface area (Å²) in [5.41, 5.74) is 3.54. The second-order valence-electron chi connectivity index (χ2n) is 8.17. The molecule has 0 aliphatic heterocycles. The molecule has 22 heavy (non-hydrogen) atoms. The lowest BCUT2D eigenvalue weighted by Crippen LogP contribution is -2.50. The van der Waals surface area contributed by atoms with E-state index in [0.717, 1.165) is 37.7 Å². The zero-order valence-electron chi connectivity index (χ0n) is 14.3. The quantitative estimate of drug-likeness (QED) is 0.802. The van der Waals surface area contributed by atoms with Crippen LogP contribution in [0.2, 0.25) is 0 Å². The van der Waals surface area contributed by atoms with Crippen molar-refractivity contribution in [3.63, 3.8) is 0 Å². The van der Waals surface area contributed by atoms with Gasteiger partial charge in [0.2, 0.25) is 0 Å². The lowest BCUT2D eigenvalue weighted by atomic mass is 9.49. The molecule has 3 atom stereocenters. The van der Waals surface area contributed by atoms with Gasteiger partial charge >= 0.3 is 0 Å². The SMILES string of the molecule is CC(C)c1ccc(O)c2c1CCC1[C@](C)(C=O)CCC[C@]21C. The van der Waals surface area contributed by atoms with Gasteiger partial charge in [-0.2, -0.15) is 0 Å². The van der Waals surface area contributed by atoms with Crippen molar-refractivity contribution in [1.29, 1.82) is 0 Å². The number of phenols is 1. The van der Waals surface area contributed by atoms with Crippen molar-refractivity contribution in [2.75, 3.05) is 0 Å². The van der Waals surface area contributed by atoms with Crippen LogP contribution in [0.3, 0.4) is 0 Å². The number of rotatable bonds is 2. The van der Waals surface area contributed by atoms with E-state index in [1.807, 2.05) is 6.07 Å². The molecule has 1 aromatic carbocycles. The summed E-state index contributed by atoms with van der Waals surface area (Å²) < 4.78 is 0. The van der Waals surface area contributed by atoms with Crippen molar-refractivity contribution in [1.82, 2.24) is 0 Å². The summed E-state index contributed by atoms with van der Waals surface area (Å²) in [4.78, 5) is 11.8. The Morgan fingerprint density at radius 3 is 2.64 bits per heavy atom. The summed E-state index contributed by atoms with van der Waals surface area (Å²) >= 11 is 0. The number of carbonyl (C=O) groups is 1. The maximum Gasteiger partial charge on any atom is 0.126 e. The molecule has 2 aliphatic rings. The van der Waals surface area contributed by atoms with E-state index in [-0.39, 0.29) is 10.8 Å². The minimum Gasteiger partial charge on any atom is -0.508 e. The van der Waals surface area contributed by atoms with E-state index in [4.69, 9.17) is 0 Å². The van der Waals surface area contributed by atoms with E-state index in [1.165, 1.54) is 17.4 Å². The van der Waals surface area contributed by atoms with Gasteiger partial charge in [-0.1, -0.05) is 40.2 Å².